The van der Waals surface area contributed by atoms with Crippen molar-refractivity contribution in [2.75, 3.05) is 57.9 Å². The summed E-state index contributed by atoms with van der Waals surface area (Å²) in [6.07, 6.45) is 0. The molecule has 2 fully saturated rings. The number of sulfonamides is 1. The lowest BCUT2D eigenvalue weighted by Crippen LogP contribution is -2.63. The Labute approximate surface area is 240 Å². The molecule has 216 valence electrons. The smallest absolute Gasteiger partial charge is 0.321 e. The third-order valence-corrected chi connectivity index (χ3v) is 9.13. The van der Waals surface area contributed by atoms with Crippen LogP contribution in [0.3, 0.4) is 0 Å². The molecule has 2 aliphatic heterocycles. The normalized spacial score (nSPS) is 18.1. The van der Waals surface area contributed by atoms with Gasteiger partial charge < -0.3 is 24.6 Å². The maximum absolute atomic E-state index is 13.9. The van der Waals surface area contributed by atoms with E-state index in [9.17, 15) is 18.0 Å². The molecule has 0 saturated carbocycles. The van der Waals surface area contributed by atoms with Gasteiger partial charge in [-0.15, -0.1) is 0 Å². The summed E-state index contributed by atoms with van der Waals surface area (Å²) in [7, 11) is -4.03. The summed E-state index contributed by atoms with van der Waals surface area (Å²) >= 11 is 0. The van der Waals surface area contributed by atoms with Gasteiger partial charge in [0.05, 0.1) is 24.7 Å². The summed E-state index contributed by atoms with van der Waals surface area (Å²) in [6.45, 7) is 3.99. The van der Waals surface area contributed by atoms with Gasteiger partial charge in [0.25, 0.3) is 0 Å². The lowest BCUT2D eigenvalue weighted by Gasteiger charge is -2.42. The Morgan fingerprint density at radius 2 is 1.51 bits per heavy atom. The summed E-state index contributed by atoms with van der Waals surface area (Å²) < 4.78 is 39.9. The number of anilines is 1. The number of carbonyl (C=O) groups excluding carboxylic acids is 2. The third-order valence-electron chi connectivity index (χ3n) is 7.21. The van der Waals surface area contributed by atoms with E-state index in [1.54, 1.807) is 53.4 Å². The van der Waals surface area contributed by atoms with Crippen molar-refractivity contribution in [3.05, 3.63) is 78.9 Å². The molecule has 3 aromatic rings. The van der Waals surface area contributed by atoms with Crippen LogP contribution in [-0.2, 0) is 19.6 Å². The van der Waals surface area contributed by atoms with Crippen LogP contribution in [0.25, 0.3) is 11.1 Å². The first-order valence-corrected chi connectivity index (χ1v) is 15.1. The van der Waals surface area contributed by atoms with E-state index < -0.39 is 22.1 Å². The van der Waals surface area contributed by atoms with Crippen molar-refractivity contribution in [2.24, 2.45) is 0 Å². The zero-order chi connectivity index (χ0) is 28.8. The highest BCUT2D eigenvalue weighted by Gasteiger charge is 2.43. The number of amides is 3. The number of carbonyl (C=O) groups is 2. The number of rotatable bonds is 7. The SMILES string of the molecule is CCOc1ccc(NC(=O)N2CCN(S(=O)(=O)c3ccc(-c4ccccc4)cc3)C(C(=O)N3CCOCC3)C2)cc1. The summed E-state index contributed by atoms with van der Waals surface area (Å²) in [6, 6.07) is 21.9. The lowest BCUT2D eigenvalue weighted by atomic mass is 10.1. The molecule has 41 heavy (non-hydrogen) atoms. The molecule has 0 aliphatic carbocycles. The van der Waals surface area contributed by atoms with E-state index in [2.05, 4.69) is 5.32 Å². The number of hydrogen-bond acceptors (Lipinski definition) is 6. The molecule has 1 unspecified atom stereocenters. The number of nitrogens with one attached hydrogen (secondary N) is 1. The highest BCUT2D eigenvalue weighted by atomic mass is 32.2. The Morgan fingerprint density at radius 1 is 0.854 bits per heavy atom. The molecule has 11 heteroatoms. The van der Waals surface area contributed by atoms with Gasteiger partial charge in [-0.3, -0.25) is 4.79 Å². The highest BCUT2D eigenvalue weighted by molar-refractivity contribution is 7.89. The standard InChI is InChI=1S/C30H34N4O6S/c1-2-40-26-12-10-25(11-13-26)31-30(36)33-16-17-34(28(22-33)29(35)32-18-20-39-21-19-32)41(37,38)27-14-8-24(9-15-27)23-6-4-3-5-7-23/h3-15,28H,2,16-22H2,1H3,(H,31,36). The molecule has 2 saturated heterocycles. The fourth-order valence-corrected chi connectivity index (χ4v) is 6.59. The van der Waals surface area contributed by atoms with Crippen LogP contribution in [0.15, 0.2) is 83.8 Å². The zero-order valence-corrected chi connectivity index (χ0v) is 23.8. The van der Waals surface area contributed by atoms with Gasteiger partial charge in [0.1, 0.15) is 11.8 Å². The molecule has 5 rings (SSSR count). The molecule has 0 bridgehead atoms. The number of benzene rings is 3. The van der Waals surface area contributed by atoms with Crippen LogP contribution >= 0.6 is 0 Å². The van der Waals surface area contributed by atoms with E-state index in [1.807, 2.05) is 37.3 Å². The zero-order valence-electron chi connectivity index (χ0n) is 22.9. The minimum atomic E-state index is -4.03. The van der Waals surface area contributed by atoms with Gasteiger partial charge in [0.15, 0.2) is 0 Å². The molecule has 2 heterocycles. The van der Waals surface area contributed by atoms with E-state index in [-0.39, 0.29) is 30.4 Å². The van der Waals surface area contributed by atoms with Crippen molar-refractivity contribution in [3.63, 3.8) is 0 Å². The maximum atomic E-state index is 13.9. The summed E-state index contributed by atoms with van der Waals surface area (Å²) in [4.78, 5) is 30.1. The first-order chi connectivity index (χ1) is 19.9. The van der Waals surface area contributed by atoms with Crippen molar-refractivity contribution >= 4 is 27.6 Å². The van der Waals surface area contributed by atoms with Crippen molar-refractivity contribution < 1.29 is 27.5 Å². The number of piperazine rings is 1. The van der Waals surface area contributed by atoms with Gasteiger partial charge in [-0.05, 0) is 54.4 Å². The first kappa shape index (κ1) is 28.6. The van der Waals surface area contributed by atoms with E-state index in [0.717, 1.165) is 11.1 Å². The minimum absolute atomic E-state index is 0.0137. The Morgan fingerprint density at radius 3 is 2.17 bits per heavy atom. The van der Waals surface area contributed by atoms with Crippen LogP contribution in [0.2, 0.25) is 0 Å². The Balaban J connectivity index is 1.36. The molecular formula is C30H34N4O6S. The Hall–Kier alpha value is -3.93. The predicted octanol–water partition coefficient (Wildman–Crippen LogP) is 3.52. The van der Waals surface area contributed by atoms with Crippen LogP contribution in [0.4, 0.5) is 10.5 Å². The summed E-state index contributed by atoms with van der Waals surface area (Å²) in [5.41, 5.74) is 2.44. The number of nitrogens with zero attached hydrogens (tertiary/aromatic N) is 3. The molecule has 0 aromatic heterocycles. The minimum Gasteiger partial charge on any atom is -0.494 e. The van der Waals surface area contributed by atoms with Crippen molar-refractivity contribution in [1.29, 1.82) is 0 Å². The number of ether oxygens (including phenoxy) is 2. The quantitative estimate of drug-likeness (QED) is 0.460. The second kappa shape index (κ2) is 12.7. The monoisotopic (exact) mass is 578 g/mol. The molecule has 2 aliphatic rings. The van der Waals surface area contributed by atoms with Gasteiger partial charge in [0, 0.05) is 38.4 Å². The number of urea groups is 1. The molecular weight excluding hydrogens is 544 g/mol. The Kier molecular flexibility index (Phi) is 8.87. The van der Waals surface area contributed by atoms with Crippen molar-refractivity contribution in [2.45, 2.75) is 17.9 Å². The lowest BCUT2D eigenvalue weighted by molar-refractivity contribution is -0.140. The van der Waals surface area contributed by atoms with Crippen molar-refractivity contribution in [1.82, 2.24) is 14.1 Å². The molecule has 1 N–H and O–H groups in total. The molecule has 1 atom stereocenters. The van der Waals surface area contributed by atoms with E-state index in [1.165, 1.54) is 9.21 Å². The van der Waals surface area contributed by atoms with Gasteiger partial charge >= 0.3 is 6.03 Å². The topological polar surface area (TPSA) is 108 Å². The molecule has 3 amide bonds. The first-order valence-electron chi connectivity index (χ1n) is 13.7. The van der Waals surface area contributed by atoms with E-state index in [0.29, 0.717) is 44.3 Å². The van der Waals surface area contributed by atoms with Crippen LogP contribution < -0.4 is 10.1 Å². The van der Waals surface area contributed by atoms with Crippen molar-refractivity contribution in [3.8, 4) is 16.9 Å². The van der Waals surface area contributed by atoms with Crippen LogP contribution in [0, 0.1) is 0 Å². The van der Waals surface area contributed by atoms with E-state index >= 15 is 0 Å². The molecule has 0 spiro atoms. The number of hydrogen-bond donors (Lipinski definition) is 1. The molecule has 0 radical (unpaired) electrons. The van der Waals surface area contributed by atoms with Crippen LogP contribution in [0.5, 0.6) is 5.75 Å². The average Bonchev–Trinajstić information content (AvgIpc) is 3.02. The average molecular weight is 579 g/mol. The largest absolute Gasteiger partial charge is 0.494 e. The van der Waals surface area contributed by atoms with Gasteiger partial charge in [0.2, 0.25) is 15.9 Å². The fourth-order valence-electron chi connectivity index (χ4n) is 5.02. The Bertz CT molecular complexity index is 1440. The number of morpholine rings is 1. The second-order valence-electron chi connectivity index (χ2n) is 9.79. The summed E-state index contributed by atoms with van der Waals surface area (Å²) in [5, 5.41) is 2.85. The van der Waals surface area contributed by atoms with Gasteiger partial charge in [-0.2, -0.15) is 4.31 Å². The molecule has 3 aromatic carbocycles. The third kappa shape index (κ3) is 6.53. The van der Waals surface area contributed by atoms with Gasteiger partial charge in [-0.25, -0.2) is 13.2 Å². The second-order valence-corrected chi connectivity index (χ2v) is 11.7. The molecule has 10 nitrogen and oxygen atoms in total. The predicted molar refractivity (Wildman–Crippen MR) is 155 cm³/mol. The van der Waals surface area contributed by atoms with Crippen LogP contribution in [-0.4, -0.2) is 93.0 Å². The summed E-state index contributed by atoms with van der Waals surface area (Å²) in [5.74, 6) is 0.355. The maximum Gasteiger partial charge on any atom is 0.321 e. The van der Waals surface area contributed by atoms with Gasteiger partial charge in [-0.1, -0.05) is 42.5 Å². The van der Waals surface area contributed by atoms with E-state index in [4.69, 9.17) is 9.47 Å². The highest BCUT2D eigenvalue weighted by Crippen LogP contribution is 2.27. The fraction of sp³-hybridized carbons (Fsp3) is 0.333. The van der Waals surface area contributed by atoms with Crippen LogP contribution in [0.1, 0.15) is 6.92 Å².